The van der Waals surface area contributed by atoms with E-state index in [9.17, 15) is 4.79 Å². The number of nitrogens with two attached hydrogens (primary N) is 1. The SMILES string of the molecule is CCOCCOC(C)C(=O)NC(CN)C1CCCCC1.Cl. The average molecular weight is 323 g/mol. The molecule has 3 N–H and O–H groups in total. The van der Waals surface area contributed by atoms with E-state index in [1.165, 1.54) is 32.1 Å². The number of carbonyl (C=O) groups is 1. The van der Waals surface area contributed by atoms with E-state index in [0.717, 1.165) is 0 Å². The Kier molecular flexibility index (Phi) is 12.0. The summed E-state index contributed by atoms with van der Waals surface area (Å²) in [5.74, 6) is 0.454. The van der Waals surface area contributed by atoms with Gasteiger partial charge in [0.05, 0.1) is 13.2 Å². The van der Waals surface area contributed by atoms with Gasteiger partial charge in [-0.2, -0.15) is 0 Å². The van der Waals surface area contributed by atoms with Crippen molar-refractivity contribution < 1.29 is 14.3 Å². The molecule has 1 aliphatic carbocycles. The Balaban J connectivity index is 0.00000400. The number of hydrogen-bond acceptors (Lipinski definition) is 4. The molecule has 0 radical (unpaired) electrons. The fraction of sp³-hybridized carbons (Fsp3) is 0.933. The van der Waals surface area contributed by atoms with Crippen molar-refractivity contribution in [3.8, 4) is 0 Å². The van der Waals surface area contributed by atoms with E-state index in [0.29, 0.717) is 32.3 Å². The van der Waals surface area contributed by atoms with Gasteiger partial charge in [0.2, 0.25) is 5.91 Å². The first-order valence-electron chi connectivity index (χ1n) is 7.88. The molecule has 5 nitrogen and oxygen atoms in total. The molecule has 1 amide bonds. The molecule has 6 heteroatoms. The van der Waals surface area contributed by atoms with Gasteiger partial charge in [-0.25, -0.2) is 0 Å². The normalized spacial score (nSPS) is 18.6. The topological polar surface area (TPSA) is 73.6 Å². The monoisotopic (exact) mass is 322 g/mol. The van der Waals surface area contributed by atoms with E-state index in [1.54, 1.807) is 6.92 Å². The first kappa shape index (κ1) is 20.6. The van der Waals surface area contributed by atoms with Crippen molar-refractivity contribution >= 4 is 18.3 Å². The quantitative estimate of drug-likeness (QED) is 0.636. The Labute approximate surface area is 134 Å². The lowest BCUT2D eigenvalue weighted by Gasteiger charge is -2.30. The molecule has 2 atom stereocenters. The van der Waals surface area contributed by atoms with Crippen LogP contribution in [0.2, 0.25) is 0 Å². The van der Waals surface area contributed by atoms with Crippen LogP contribution in [0.1, 0.15) is 46.0 Å². The number of nitrogens with one attached hydrogen (secondary N) is 1. The maximum Gasteiger partial charge on any atom is 0.249 e. The Hall–Kier alpha value is -0.360. The lowest BCUT2D eigenvalue weighted by atomic mass is 9.84. The van der Waals surface area contributed by atoms with Crippen molar-refractivity contribution in [3.63, 3.8) is 0 Å². The van der Waals surface area contributed by atoms with Crippen molar-refractivity contribution in [2.24, 2.45) is 11.7 Å². The number of rotatable bonds is 9. The molecule has 1 rings (SSSR count). The summed E-state index contributed by atoms with van der Waals surface area (Å²) in [5, 5.41) is 3.05. The Morgan fingerprint density at radius 3 is 2.52 bits per heavy atom. The fourth-order valence-electron chi connectivity index (χ4n) is 2.71. The third kappa shape index (κ3) is 8.00. The van der Waals surface area contributed by atoms with Crippen LogP contribution in [-0.2, 0) is 14.3 Å². The molecular formula is C15H31ClN2O3. The second-order valence-corrected chi connectivity index (χ2v) is 5.46. The smallest absolute Gasteiger partial charge is 0.249 e. The molecule has 0 spiro atoms. The van der Waals surface area contributed by atoms with E-state index >= 15 is 0 Å². The summed E-state index contributed by atoms with van der Waals surface area (Å²) < 4.78 is 10.6. The minimum absolute atomic E-state index is 0. The zero-order chi connectivity index (χ0) is 14.8. The van der Waals surface area contributed by atoms with E-state index in [1.807, 2.05) is 6.92 Å². The minimum atomic E-state index is -0.451. The number of carbonyl (C=O) groups excluding carboxylic acids is 1. The first-order valence-corrected chi connectivity index (χ1v) is 7.88. The second kappa shape index (κ2) is 12.2. The molecule has 1 saturated carbocycles. The zero-order valence-corrected chi connectivity index (χ0v) is 14.1. The summed E-state index contributed by atoms with van der Waals surface area (Å²) in [4.78, 5) is 12.1. The molecule has 1 fully saturated rings. The summed E-state index contributed by atoms with van der Waals surface area (Å²) >= 11 is 0. The van der Waals surface area contributed by atoms with Crippen LogP contribution in [0.25, 0.3) is 0 Å². The maximum atomic E-state index is 12.1. The van der Waals surface area contributed by atoms with Crippen LogP contribution in [0.4, 0.5) is 0 Å². The van der Waals surface area contributed by atoms with Crippen molar-refractivity contribution in [1.29, 1.82) is 0 Å². The van der Waals surface area contributed by atoms with Gasteiger partial charge < -0.3 is 20.5 Å². The van der Waals surface area contributed by atoms with Gasteiger partial charge in [-0.3, -0.25) is 4.79 Å². The Morgan fingerprint density at radius 2 is 1.95 bits per heavy atom. The van der Waals surface area contributed by atoms with Gasteiger partial charge in [0.25, 0.3) is 0 Å². The van der Waals surface area contributed by atoms with Crippen LogP contribution >= 0.6 is 12.4 Å². The largest absolute Gasteiger partial charge is 0.379 e. The molecule has 21 heavy (non-hydrogen) atoms. The van der Waals surface area contributed by atoms with E-state index < -0.39 is 6.10 Å². The molecule has 0 heterocycles. The fourth-order valence-corrected chi connectivity index (χ4v) is 2.71. The van der Waals surface area contributed by atoms with Crippen LogP contribution in [0.5, 0.6) is 0 Å². The van der Waals surface area contributed by atoms with Crippen LogP contribution in [0.15, 0.2) is 0 Å². The number of halogens is 1. The molecule has 126 valence electrons. The number of hydrogen-bond donors (Lipinski definition) is 2. The Morgan fingerprint density at radius 1 is 1.29 bits per heavy atom. The van der Waals surface area contributed by atoms with Crippen molar-refractivity contribution in [2.45, 2.75) is 58.1 Å². The predicted octanol–water partition coefficient (Wildman–Crippen LogP) is 1.87. The lowest BCUT2D eigenvalue weighted by molar-refractivity contribution is -0.133. The van der Waals surface area contributed by atoms with Crippen LogP contribution in [-0.4, -0.2) is 44.4 Å². The molecule has 0 bridgehead atoms. The van der Waals surface area contributed by atoms with Crippen LogP contribution < -0.4 is 11.1 Å². The summed E-state index contributed by atoms with van der Waals surface area (Å²) in [5.41, 5.74) is 5.82. The zero-order valence-electron chi connectivity index (χ0n) is 13.3. The molecule has 2 unspecified atom stereocenters. The highest BCUT2D eigenvalue weighted by atomic mass is 35.5. The van der Waals surface area contributed by atoms with E-state index in [4.69, 9.17) is 15.2 Å². The molecule has 0 aromatic heterocycles. The van der Waals surface area contributed by atoms with E-state index in [-0.39, 0.29) is 24.4 Å². The molecular weight excluding hydrogens is 292 g/mol. The van der Waals surface area contributed by atoms with Gasteiger partial charge in [-0.15, -0.1) is 12.4 Å². The van der Waals surface area contributed by atoms with Gasteiger partial charge in [0.15, 0.2) is 0 Å². The highest BCUT2D eigenvalue weighted by Crippen LogP contribution is 2.26. The number of ether oxygens (including phenoxy) is 2. The highest BCUT2D eigenvalue weighted by molar-refractivity contribution is 5.85. The van der Waals surface area contributed by atoms with Crippen molar-refractivity contribution in [1.82, 2.24) is 5.32 Å². The van der Waals surface area contributed by atoms with Gasteiger partial charge in [0, 0.05) is 19.2 Å². The lowest BCUT2D eigenvalue weighted by Crippen LogP contribution is -2.49. The minimum Gasteiger partial charge on any atom is -0.379 e. The molecule has 0 saturated heterocycles. The van der Waals surface area contributed by atoms with Crippen LogP contribution in [0.3, 0.4) is 0 Å². The van der Waals surface area contributed by atoms with Gasteiger partial charge >= 0.3 is 0 Å². The molecule has 0 aromatic carbocycles. The van der Waals surface area contributed by atoms with Crippen LogP contribution in [0, 0.1) is 5.92 Å². The highest BCUT2D eigenvalue weighted by Gasteiger charge is 2.25. The van der Waals surface area contributed by atoms with Crippen molar-refractivity contribution in [3.05, 3.63) is 0 Å². The number of amides is 1. The van der Waals surface area contributed by atoms with Crippen molar-refractivity contribution in [2.75, 3.05) is 26.4 Å². The van der Waals surface area contributed by atoms with Gasteiger partial charge in [-0.05, 0) is 32.6 Å². The van der Waals surface area contributed by atoms with Gasteiger partial charge in [0.1, 0.15) is 6.10 Å². The summed E-state index contributed by atoms with van der Waals surface area (Å²) in [6.45, 7) is 5.85. The second-order valence-electron chi connectivity index (χ2n) is 5.46. The first-order chi connectivity index (χ1) is 9.69. The average Bonchev–Trinajstić information content (AvgIpc) is 2.49. The summed E-state index contributed by atoms with van der Waals surface area (Å²) in [7, 11) is 0. The standard InChI is InChI=1S/C15H30N2O3.ClH/c1-3-19-9-10-20-12(2)15(18)17-14(11-16)13-7-5-4-6-8-13;/h12-14H,3-11,16H2,1-2H3,(H,17,18);1H. The van der Waals surface area contributed by atoms with E-state index in [2.05, 4.69) is 5.32 Å². The predicted molar refractivity (Wildman–Crippen MR) is 86.7 cm³/mol. The third-order valence-corrected chi connectivity index (χ3v) is 3.97. The molecule has 1 aliphatic rings. The maximum absolute atomic E-state index is 12.1. The molecule has 0 aliphatic heterocycles. The summed E-state index contributed by atoms with van der Waals surface area (Å²) in [6.07, 6.45) is 5.69. The third-order valence-electron chi connectivity index (χ3n) is 3.97. The molecule has 0 aromatic rings. The summed E-state index contributed by atoms with van der Waals surface area (Å²) in [6, 6.07) is 0.0840. The Bertz CT molecular complexity index is 274. The van der Waals surface area contributed by atoms with Gasteiger partial charge in [-0.1, -0.05) is 19.3 Å².